The average molecular weight is 479 g/mol. The van der Waals surface area contributed by atoms with Gasteiger partial charge in [-0.3, -0.25) is 14.9 Å². The molecule has 0 saturated heterocycles. The van der Waals surface area contributed by atoms with E-state index < -0.39 is 18.1 Å². The van der Waals surface area contributed by atoms with Gasteiger partial charge in [-0.25, -0.2) is 0 Å². The lowest BCUT2D eigenvalue weighted by molar-refractivity contribution is -0.140. The highest BCUT2D eigenvalue weighted by Gasteiger charge is 2.35. The van der Waals surface area contributed by atoms with Crippen molar-refractivity contribution in [3.63, 3.8) is 0 Å². The van der Waals surface area contributed by atoms with E-state index in [4.69, 9.17) is 4.74 Å². The summed E-state index contributed by atoms with van der Waals surface area (Å²) in [6.07, 6.45) is 6.19. The molecule has 0 unspecified atom stereocenters. The number of nitrogens with one attached hydrogen (secondary N) is 1. The molecule has 0 aromatic heterocycles. The Kier molecular flexibility index (Phi) is 7.80. The van der Waals surface area contributed by atoms with Crippen molar-refractivity contribution in [1.29, 1.82) is 0 Å². The van der Waals surface area contributed by atoms with Gasteiger partial charge in [0.25, 0.3) is 0 Å². The Bertz CT molecular complexity index is 1020. The Hall–Kier alpha value is -2.86. The van der Waals surface area contributed by atoms with Crippen molar-refractivity contribution in [2.24, 2.45) is 5.92 Å². The van der Waals surface area contributed by atoms with Crippen LogP contribution in [0.25, 0.3) is 0 Å². The van der Waals surface area contributed by atoms with E-state index in [0.717, 1.165) is 31.2 Å². The second-order valence-electron chi connectivity index (χ2n) is 11.0. The van der Waals surface area contributed by atoms with Gasteiger partial charge in [-0.2, -0.15) is 0 Å². The fourth-order valence-corrected chi connectivity index (χ4v) is 5.17. The van der Waals surface area contributed by atoms with Crippen LogP contribution in [-0.4, -0.2) is 35.7 Å². The summed E-state index contributed by atoms with van der Waals surface area (Å²) in [4.78, 5) is 27.6. The van der Waals surface area contributed by atoms with Crippen LogP contribution in [0.5, 0.6) is 5.75 Å². The van der Waals surface area contributed by atoms with Crippen LogP contribution in [-0.2, 0) is 21.5 Å². The highest BCUT2D eigenvalue weighted by molar-refractivity contribution is 5.99. The molecular formula is C29H38N2O4. The number of carboxylic acids is 1. The van der Waals surface area contributed by atoms with Gasteiger partial charge >= 0.3 is 5.97 Å². The molecule has 1 aliphatic heterocycles. The molecular weight excluding hydrogens is 440 g/mol. The van der Waals surface area contributed by atoms with Gasteiger partial charge in [0.05, 0.1) is 12.2 Å². The molecule has 2 atom stereocenters. The lowest BCUT2D eigenvalue weighted by Crippen LogP contribution is -2.54. The maximum Gasteiger partial charge on any atom is 0.320 e. The van der Waals surface area contributed by atoms with Crippen LogP contribution in [0.15, 0.2) is 48.5 Å². The molecule has 2 N–H and O–H groups in total. The minimum Gasteiger partial charge on any atom is -0.489 e. The molecule has 0 bridgehead atoms. The molecule has 35 heavy (non-hydrogen) atoms. The summed E-state index contributed by atoms with van der Waals surface area (Å²) in [7, 11) is 0. The van der Waals surface area contributed by atoms with Crippen molar-refractivity contribution >= 4 is 17.6 Å². The number of aliphatic carboxylic acids is 1. The van der Waals surface area contributed by atoms with Crippen molar-refractivity contribution in [1.82, 2.24) is 5.32 Å². The standard InChI is InChI=1S/C29H38N2O4/c1-29(2,3)22-15-13-21(14-16-22)18-31-25-11-7-8-12-26(25)35-19-24(27(31)32)30-23(28(33)34)17-20-9-5-4-6-10-20/h7-8,11-16,20,23-24,30H,4-6,9-10,17-19H2,1-3H3,(H,33,34)/t23-,24-/m0/s1. The van der Waals surface area contributed by atoms with Crippen LogP contribution >= 0.6 is 0 Å². The third-order valence-electron chi connectivity index (χ3n) is 7.28. The fraction of sp³-hybridized carbons (Fsp3) is 0.517. The van der Waals surface area contributed by atoms with Gasteiger partial charge < -0.3 is 14.7 Å². The molecule has 188 valence electrons. The first-order valence-electron chi connectivity index (χ1n) is 12.8. The Labute approximate surface area is 208 Å². The summed E-state index contributed by atoms with van der Waals surface area (Å²) < 4.78 is 6.02. The van der Waals surface area contributed by atoms with Gasteiger partial charge in [0.2, 0.25) is 5.91 Å². The molecule has 1 heterocycles. The number of amides is 1. The highest BCUT2D eigenvalue weighted by atomic mass is 16.5. The third-order valence-corrected chi connectivity index (χ3v) is 7.28. The van der Waals surface area contributed by atoms with Gasteiger partial charge in [-0.15, -0.1) is 0 Å². The molecule has 4 rings (SSSR count). The summed E-state index contributed by atoms with van der Waals surface area (Å²) >= 11 is 0. The molecule has 1 fully saturated rings. The SMILES string of the molecule is CC(C)(C)c1ccc(CN2C(=O)[C@@H](N[C@@H](CC3CCCCC3)C(=O)O)COc3ccccc32)cc1. The van der Waals surface area contributed by atoms with E-state index in [1.807, 2.05) is 24.3 Å². The van der Waals surface area contributed by atoms with E-state index in [-0.39, 0.29) is 17.9 Å². The van der Waals surface area contributed by atoms with E-state index in [1.54, 1.807) is 4.90 Å². The number of ether oxygens (including phenoxy) is 1. The van der Waals surface area contributed by atoms with Crippen molar-refractivity contribution in [2.75, 3.05) is 11.5 Å². The summed E-state index contributed by atoms with van der Waals surface area (Å²) in [6, 6.07) is 14.4. The Morgan fingerprint density at radius 3 is 2.43 bits per heavy atom. The maximum absolute atomic E-state index is 13.8. The normalized spacial score (nSPS) is 20.0. The number of carboxylic acid groups (broad SMARTS) is 1. The van der Waals surface area contributed by atoms with Gasteiger partial charge in [0.15, 0.2) is 0 Å². The minimum atomic E-state index is -0.908. The van der Waals surface area contributed by atoms with Gasteiger partial charge in [-0.05, 0) is 41.0 Å². The zero-order valence-electron chi connectivity index (χ0n) is 21.1. The summed E-state index contributed by atoms with van der Waals surface area (Å²) in [5.74, 6) is -0.0522. The van der Waals surface area contributed by atoms with Crippen LogP contribution in [0.4, 0.5) is 5.69 Å². The predicted molar refractivity (Wildman–Crippen MR) is 138 cm³/mol. The molecule has 0 radical (unpaired) electrons. The first kappa shape index (κ1) is 25.2. The number of carbonyl (C=O) groups is 2. The first-order valence-corrected chi connectivity index (χ1v) is 12.8. The molecule has 6 nitrogen and oxygen atoms in total. The molecule has 0 spiro atoms. The van der Waals surface area contributed by atoms with Crippen molar-refractivity contribution in [3.8, 4) is 5.75 Å². The minimum absolute atomic E-state index is 0.0522. The number of benzene rings is 2. The molecule has 6 heteroatoms. The number of anilines is 1. The monoisotopic (exact) mass is 478 g/mol. The number of nitrogens with zero attached hydrogens (tertiary/aromatic N) is 1. The smallest absolute Gasteiger partial charge is 0.320 e. The van der Waals surface area contributed by atoms with E-state index in [2.05, 4.69) is 50.4 Å². The van der Waals surface area contributed by atoms with E-state index in [0.29, 0.717) is 30.3 Å². The first-order chi connectivity index (χ1) is 16.7. The number of fused-ring (bicyclic) bond motifs is 1. The summed E-state index contributed by atoms with van der Waals surface area (Å²) in [6.45, 7) is 7.02. The zero-order valence-corrected chi connectivity index (χ0v) is 21.1. The zero-order chi connectivity index (χ0) is 25.0. The van der Waals surface area contributed by atoms with Gasteiger partial charge in [0, 0.05) is 0 Å². The van der Waals surface area contributed by atoms with E-state index in [1.165, 1.54) is 12.0 Å². The Morgan fingerprint density at radius 1 is 1.09 bits per heavy atom. The van der Waals surface area contributed by atoms with Crippen LogP contribution in [0.1, 0.15) is 70.4 Å². The van der Waals surface area contributed by atoms with E-state index >= 15 is 0 Å². The van der Waals surface area contributed by atoms with Gasteiger partial charge in [0.1, 0.15) is 24.4 Å². The van der Waals surface area contributed by atoms with Crippen molar-refractivity contribution < 1.29 is 19.4 Å². The van der Waals surface area contributed by atoms with Crippen LogP contribution < -0.4 is 15.0 Å². The number of rotatable bonds is 7. The quantitative estimate of drug-likeness (QED) is 0.565. The topological polar surface area (TPSA) is 78.9 Å². The molecule has 2 aromatic rings. The highest BCUT2D eigenvalue weighted by Crippen LogP contribution is 2.33. The summed E-state index contributed by atoms with van der Waals surface area (Å²) in [5, 5.41) is 13.1. The van der Waals surface area contributed by atoms with E-state index in [9.17, 15) is 14.7 Å². The van der Waals surface area contributed by atoms with Gasteiger partial charge in [-0.1, -0.05) is 89.3 Å². The van der Waals surface area contributed by atoms with Crippen LogP contribution in [0.3, 0.4) is 0 Å². The second-order valence-corrected chi connectivity index (χ2v) is 11.0. The van der Waals surface area contributed by atoms with Crippen LogP contribution in [0.2, 0.25) is 0 Å². The molecule has 2 aliphatic rings. The van der Waals surface area contributed by atoms with Crippen LogP contribution in [0, 0.1) is 5.92 Å². The number of para-hydroxylation sites is 2. The third kappa shape index (κ3) is 6.23. The fourth-order valence-electron chi connectivity index (χ4n) is 5.17. The lowest BCUT2D eigenvalue weighted by Gasteiger charge is -2.29. The molecule has 1 amide bonds. The molecule has 2 aromatic carbocycles. The number of hydrogen-bond donors (Lipinski definition) is 2. The van der Waals surface area contributed by atoms with Crippen molar-refractivity contribution in [2.45, 2.75) is 83.3 Å². The molecule has 1 saturated carbocycles. The average Bonchev–Trinajstić information content (AvgIpc) is 2.96. The Morgan fingerprint density at radius 2 is 1.77 bits per heavy atom. The lowest BCUT2D eigenvalue weighted by atomic mass is 9.84. The van der Waals surface area contributed by atoms with Crippen molar-refractivity contribution in [3.05, 3.63) is 59.7 Å². The summed E-state index contributed by atoms with van der Waals surface area (Å²) in [5.41, 5.74) is 3.01. The predicted octanol–water partition coefficient (Wildman–Crippen LogP) is 5.29. The molecule has 1 aliphatic carbocycles. The Balaban J connectivity index is 1.55. The number of carbonyl (C=O) groups excluding carboxylic acids is 1. The second kappa shape index (κ2) is 10.8. The number of hydrogen-bond acceptors (Lipinski definition) is 4. The maximum atomic E-state index is 13.8. The largest absolute Gasteiger partial charge is 0.489 e.